The smallest absolute Gasteiger partial charge is 0.508 e. The molecule has 0 spiro atoms. The van der Waals surface area contributed by atoms with Crippen molar-refractivity contribution in [2.24, 2.45) is 0 Å². The van der Waals surface area contributed by atoms with Crippen LogP contribution in [0.3, 0.4) is 0 Å². The Morgan fingerprint density at radius 2 is 1.41 bits per heavy atom. The second kappa shape index (κ2) is 13.3. The molecule has 3 aromatic rings. The van der Waals surface area contributed by atoms with Crippen LogP contribution in [-0.4, -0.2) is 119 Å². The number of phenols is 4. The number of benzene rings is 2. The molecule has 2 aromatic carbocycles. The van der Waals surface area contributed by atoms with Crippen molar-refractivity contribution in [1.82, 2.24) is 0 Å². The minimum atomic E-state index is -1.97. The Hall–Kier alpha value is -2.71. The van der Waals surface area contributed by atoms with Crippen LogP contribution in [0.4, 0.5) is 0 Å². The average molecular weight is 634 g/mol. The third-order valence-electron chi connectivity index (χ3n) is 7.29. The van der Waals surface area contributed by atoms with E-state index in [4.69, 9.17) is 23.4 Å². The van der Waals surface area contributed by atoms with Gasteiger partial charge in [0.15, 0.2) is 23.5 Å². The van der Waals surface area contributed by atoms with Crippen LogP contribution in [0.2, 0.25) is 0 Å². The molecule has 2 fully saturated rings. The zero-order valence-electron chi connectivity index (χ0n) is 23.3. The van der Waals surface area contributed by atoms with E-state index in [9.17, 15) is 55.9 Å². The molecule has 10 N–H and O–H groups in total. The Labute approximate surface area is 269 Å². The monoisotopic (exact) mass is 633 g/mol. The predicted octanol–water partition coefficient (Wildman–Crippen LogP) is -4.68. The van der Waals surface area contributed by atoms with Crippen LogP contribution in [0.15, 0.2) is 39.5 Å². The summed E-state index contributed by atoms with van der Waals surface area (Å²) in [5, 5.41) is 101. The first-order chi connectivity index (χ1) is 20.3. The molecule has 2 aliphatic heterocycles. The second-order valence-corrected chi connectivity index (χ2v) is 10.3. The number of rotatable bonds is 6. The second-order valence-electron chi connectivity index (χ2n) is 10.3. The van der Waals surface area contributed by atoms with E-state index in [1.165, 1.54) is 13.0 Å². The van der Waals surface area contributed by atoms with Crippen LogP contribution in [0.1, 0.15) is 6.92 Å². The fraction of sp³-hybridized carbons (Fsp3) is 0.444. The van der Waals surface area contributed by atoms with E-state index in [2.05, 4.69) is 0 Å². The number of ether oxygens (including phenoxy) is 4. The molecule has 16 nitrogen and oxygen atoms in total. The standard InChI is InChI=1S/C27H30O16.Na/c1-8-17(32)20(35)22(37)26(40-8)39-7-15-18(33)21(36)23(38)27(42-15)43-25-19(34)16-13(31)5-10(28)6-14(16)41-24(25)9-2-3-11(29)12(30)4-9;/h2-6,8,15,17-18,20-23,26-33,35-38H,7H2,1H3;/q;+1/t8-,15+,17-,18+,20+,21-,22+,23+,26+,27-;/m0./s1. The van der Waals surface area contributed by atoms with Crippen molar-refractivity contribution in [3.8, 4) is 40.1 Å². The van der Waals surface area contributed by atoms with Gasteiger partial charge in [-0.2, -0.15) is 0 Å². The van der Waals surface area contributed by atoms with Gasteiger partial charge in [-0.25, -0.2) is 0 Å². The van der Waals surface area contributed by atoms with Gasteiger partial charge in [0.05, 0.1) is 12.7 Å². The van der Waals surface area contributed by atoms with Crippen LogP contribution < -0.4 is 39.7 Å². The summed E-state index contributed by atoms with van der Waals surface area (Å²) in [7, 11) is 0. The quantitative estimate of drug-likeness (QED) is 0.0903. The molecule has 5 rings (SSSR count). The van der Waals surface area contributed by atoms with Gasteiger partial charge in [-0.05, 0) is 25.1 Å². The summed E-state index contributed by atoms with van der Waals surface area (Å²) < 4.78 is 27.8. The molecule has 3 heterocycles. The van der Waals surface area contributed by atoms with Gasteiger partial charge >= 0.3 is 29.6 Å². The fourth-order valence-electron chi connectivity index (χ4n) is 4.84. The van der Waals surface area contributed by atoms with Gasteiger partial charge < -0.3 is 74.4 Å². The Bertz CT molecular complexity index is 1550. The van der Waals surface area contributed by atoms with Crippen LogP contribution in [0.25, 0.3) is 22.3 Å². The first kappa shape index (κ1) is 34.2. The van der Waals surface area contributed by atoms with E-state index in [1.807, 2.05) is 0 Å². The molecule has 44 heavy (non-hydrogen) atoms. The zero-order chi connectivity index (χ0) is 31.3. The van der Waals surface area contributed by atoms with E-state index in [0.717, 1.165) is 24.3 Å². The van der Waals surface area contributed by atoms with Crippen LogP contribution in [0.5, 0.6) is 28.7 Å². The molecule has 17 heteroatoms. The Morgan fingerprint density at radius 1 is 0.750 bits per heavy atom. The van der Waals surface area contributed by atoms with Crippen molar-refractivity contribution in [3.05, 3.63) is 40.6 Å². The first-order valence-electron chi connectivity index (χ1n) is 13.0. The molecule has 0 amide bonds. The third-order valence-corrected chi connectivity index (χ3v) is 7.29. The number of phenolic OH excluding ortho intramolecular Hbond substituents is 4. The summed E-state index contributed by atoms with van der Waals surface area (Å²) in [4.78, 5) is 13.6. The molecular weight excluding hydrogens is 603 g/mol. The summed E-state index contributed by atoms with van der Waals surface area (Å²) in [5.41, 5.74) is -1.35. The van der Waals surface area contributed by atoms with Crippen LogP contribution in [0, 0.1) is 0 Å². The maximum Gasteiger partial charge on any atom is 1.00 e. The number of aromatic hydroxyl groups is 4. The molecule has 2 aliphatic rings. The molecule has 0 bridgehead atoms. The van der Waals surface area contributed by atoms with E-state index < -0.39 is 113 Å². The van der Waals surface area contributed by atoms with Gasteiger partial charge in [0.2, 0.25) is 17.5 Å². The van der Waals surface area contributed by atoms with E-state index >= 15 is 0 Å². The number of aliphatic hydroxyl groups excluding tert-OH is 6. The predicted molar refractivity (Wildman–Crippen MR) is 140 cm³/mol. The van der Waals surface area contributed by atoms with Crippen molar-refractivity contribution >= 4 is 11.0 Å². The molecule has 10 atom stereocenters. The SMILES string of the molecule is C[C@@H]1O[C@@H](OC[C@H]2O[C@@H](Oc3c(-c4ccc(O)c(O)c4)oc4cc(O)cc(O)c4c3=O)[C@H](O)[C@@H](O)[C@@H]2O)[C@H](O)[C@H](O)[C@H]1O.[Na+]. The maximum absolute atomic E-state index is 13.6. The van der Waals surface area contributed by atoms with Gasteiger partial charge in [0, 0.05) is 17.7 Å². The summed E-state index contributed by atoms with van der Waals surface area (Å²) in [5.74, 6) is -3.33. The van der Waals surface area contributed by atoms with Crippen LogP contribution in [-0.2, 0) is 14.2 Å². The van der Waals surface area contributed by atoms with E-state index in [0.29, 0.717) is 0 Å². The summed E-state index contributed by atoms with van der Waals surface area (Å²) in [6.45, 7) is 0.818. The first-order valence-corrected chi connectivity index (χ1v) is 13.0. The van der Waals surface area contributed by atoms with Crippen molar-refractivity contribution in [2.75, 3.05) is 6.61 Å². The van der Waals surface area contributed by atoms with Crippen molar-refractivity contribution < 1.29 is 104 Å². The summed E-state index contributed by atoms with van der Waals surface area (Å²) in [6.07, 6.45) is -16.2. The van der Waals surface area contributed by atoms with Crippen molar-refractivity contribution in [1.29, 1.82) is 0 Å². The summed E-state index contributed by atoms with van der Waals surface area (Å²) >= 11 is 0. The van der Waals surface area contributed by atoms with E-state index in [1.54, 1.807) is 0 Å². The van der Waals surface area contributed by atoms with Crippen LogP contribution >= 0.6 is 0 Å². The molecular formula is C27H30NaO16+. The molecule has 1 aromatic heterocycles. The molecule has 0 unspecified atom stereocenters. The van der Waals surface area contributed by atoms with Gasteiger partial charge in [0.25, 0.3) is 0 Å². The largest absolute Gasteiger partial charge is 1.00 e. The van der Waals surface area contributed by atoms with Gasteiger partial charge in [-0.3, -0.25) is 4.79 Å². The minimum absolute atomic E-state index is 0. The number of fused-ring (bicyclic) bond motifs is 1. The molecule has 0 radical (unpaired) electrons. The van der Waals surface area contributed by atoms with E-state index in [-0.39, 0.29) is 40.7 Å². The molecule has 0 saturated carbocycles. The number of hydrogen-bond acceptors (Lipinski definition) is 16. The van der Waals surface area contributed by atoms with Gasteiger partial charge in [0.1, 0.15) is 65.2 Å². The third kappa shape index (κ3) is 6.34. The molecule has 2 saturated heterocycles. The number of hydrogen-bond donors (Lipinski definition) is 10. The summed E-state index contributed by atoms with van der Waals surface area (Å²) in [6, 6.07) is 5.24. The molecule has 0 aliphatic carbocycles. The normalized spacial score (nSPS) is 32.2. The zero-order valence-corrected chi connectivity index (χ0v) is 25.3. The average Bonchev–Trinajstić information content (AvgIpc) is 2.96. The van der Waals surface area contributed by atoms with Crippen molar-refractivity contribution in [2.45, 2.75) is 68.3 Å². The van der Waals surface area contributed by atoms with Crippen molar-refractivity contribution in [3.63, 3.8) is 0 Å². The maximum atomic E-state index is 13.6. The fourth-order valence-corrected chi connectivity index (χ4v) is 4.84. The van der Waals surface area contributed by atoms with Gasteiger partial charge in [-0.1, -0.05) is 0 Å². The number of aliphatic hydroxyl groups is 6. The Morgan fingerprint density at radius 3 is 2.09 bits per heavy atom. The van der Waals surface area contributed by atoms with Gasteiger partial charge in [-0.15, -0.1) is 0 Å². The topological polar surface area (TPSA) is 269 Å². The minimum Gasteiger partial charge on any atom is -0.508 e. The molecule has 234 valence electrons. The Balaban J connectivity index is 0.00000442. The Kier molecular flexibility index (Phi) is 10.4.